The zero-order valence-corrected chi connectivity index (χ0v) is 24.1. The highest BCUT2D eigenvalue weighted by Crippen LogP contribution is 2.33. The molecule has 0 unspecified atom stereocenters. The Hall–Kier alpha value is -3.56. The predicted octanol–water partition coefficient (Wildman–Crippen LogP) is 4.80. The summed E-state index contributed by atoms with van der Waals surface area (Å²) in [4.78, 5) is 28.3. The van der Waals surface area contributed by atoms with Gasteiger partial charge < -0.3 is 15.0 Å². The molecule has 3 aromatic carbocycles. The van der Waals surface area contributed by atoms with Crippen molar-refractivity contribution in [2.24, 2.45) is 0 Å². The third-order valence-corrected chi connectivity index (χ3v) is 8.37. The van der Waals surface area contributed by atoms with Crippen molar-refractivity contribution in [3.05, 3.63) is 88.9 Å². The minimum absolute atomic E-state index is 0.0326. The number of anilines is 1. The van der Waals surface area contributed by atoms with E-state index in [4.69, 9.17) is 16.3 Å². The van der Waals surface area contributed by atoms with Gasteiger partial charge in [0.15, 0.2) is 0 Å². The van der Waals surface area contributed by atoms with Gasteiger partial charge in [-0.3, -0.25) is 13.9 Å². The summed E-state index contributed by atoms with van der Waals surface area (Å²) in [5.41, 5.74) is 2.02. The van der Waals surface area contributed by atoms with Crippen LogP contribution in [0.4, 0.5) is 5.69 Å². The number of sulfonamides is 1. The Bertz CT molecular complexity index is 1400. The van der Waals surface area contributed by atoms with Crippen molar-refractivity contribution in [2.75, 3.05) is 24.5 Å². The lowest BCUT2D eigenvalue weighted by atomic mass is 10.1. The molecule has 1 atom stereocenters. The van der Waals surface area contributed by atoms with E-state index in [2.05, 4.69) is 5.32 Å². The smallest absolute Gasteiger partial charge is 0.264 e. The fraction of sp³-hybridized carbons (Fsp3) is 0.310. The topological polar surface area (TPSA) is 96.0 Å². The van der Waals surface area contributed by atoms with Gasteiger partial charge in [0, 0.05) is 18.6 Å². The summed E-state index contributed by atoms with van der Waals surface area (Å²) in [5, 5.41) is 3.01. The van der Waals surface area contributed by atoms with Crippen LogP contribution >= 0.6 is 11.6 Å². The second kappa shape index (κ2) is 13.5. The molecule has 3 rings (SSSR count). The molecule has 0 heterocycles. The largest absolute Gasteiger partial charge is 0.492 e. The number of likely N-dealkylation sites (N-methyl/N-ethyl adjacent to an activating group) is 1. The lowest BCUT2D eigenvalue weighted by Gasteiger charge is -2.33. The van der Waals surface area contributed by atoms with E-state index in [1.54, 1.807) is 31.2 Å². The highest BCUT2D eigenvalue weighted by molar-refractivity contribution is 7.92. The first kappa shape index (κ1) is 30.0. The molecule has 208 valence electrons. The molecule has 0 aliphatic heterocycles. The molecule has 0 fully saturated rings. The number of amides is 2. The standard InChI is InChI=1S/C29H34ClN3O5S/c1-5-25(29(35)31-4)32(19-22-12-8-7-11-21(22)3)28(34)20-33(26-13-9-10-14-27(26)38-6-2)39(36,37)24-17-15-23(30)16-18-24/h7-18,25H,5-6,19-20H2,1-4H3,(H,31,35)/t25-/m0/s1. The van der Waals surface area contributed by atoms with Crippen LogP contribution in [0.25, 0.3) is 0 Å². The van der Waals surface area contributed by atoms with Crippen LogP contribution in [0.3, 0.4) is 0 Å². The van der Waals surface area contributed by atoms with Crippen LogP contribution in [0.5, 0.6) is 5.75 Å². The van der Waals surface area contributed by atoms with E-state index in [0.717, 1.165) is 15.4 Å². The summed E-state index contributed by atoms with van der Waals surface area (Å²) >= 11 is 6.01. The lowest BCUT2D eigenvalue weighted by Crippen LogP contribution is -2.51. The number of nitrogens with zero attached hydrogens (tertiary/aromatic N) is 2. The predicted molar refractivity (Wildman–Crippen MR) is 153 cm³/mol. The molecule has 2 amide bonds. The van der Waals surface area contributed by atoms with Crippen molar-refractivity contribution in [3.63, 3.8) is 0 Å². The number of carbonyl (C=O) groups excluding carboxylic acids is 2. The number of hydrogen-bond acceptors (Lipinski definition) is 5. The minimum atomic E-state index is -4.23. The number of carbonyl (C=O) groups is 2. The van der Waals surface area contributed by atoms with E-state index < -0.39 is 28.5 Å². The molecule has 0 aromatic heterocycles. The molecular weight excluding hydrogens is 538 g/mol. The molecule has 0 saturated heterocycles. The summed E-state index contributed by atoms with van der Waals surface area (Å²) in [6.07, 6.45) is 0.344. The van der Waals surface area contributed by atoms with Gasteiger partial charge in [0.1, 0.15) is 18.3 Å². The maximum Gasteiger partial charge on any atom is 0.264 e. The monoisotopic (exact) mass is 571 g/mol. The van der Waals surface area contributed by atoms with E-state index in [1.165, 1.54) is 36.2 Å². The molecule has 8 nitrogen and oxygen atoms in total. The Morgan fingerprint density at radius 2 is 1.62 bits per heavy atom. The number of para-hydroxylation sites is 2. The maximum absolute atomic E-state index is 14.0. The first-order chi connectivity index (χ1) is 18.6. The fourth-order valence-electron chi connectivity index (χ4n) is 4.24. The molecule has 0 aliphatic carbocycles. The summed E-state index contributed by atoms with van der Waals surface area (Å²) in [7, 11) is -2.72. The molecule has 0 radical (unpaired) electrons. The van der Waals surface area contributed by atoms with Crippen LogP contribution < -0.4 is 14.4 Å². The summed E-state index contributed by atoms with van der Waals surface area (Å²) < 4.78 is 34.7. The molecule has 0 saturated carbocycles. The number of ether oxygens (including phenoxy) is 1. The van der Waals surface area contributed by atoms with Crippen molar-refractivity contribution in [2.45, 2.75) is 44.7 Å². The number of halogens is 1. The normalized spacial score (nSPS) is 11.9. The first-order valence-corrected chi connectivity index (χ1v) is 14.5. The van der Waals surface area contributed by atoms with Gasteiger partial charge in [0.05, 0.1) is 17.2 Å². The summed E-state index contributed by atoms with van der Waals surface area (Å²) in [6.45, 7) is 5.42. The van der Waals surface area contributed by atoms with Crippen molar-refractivity contribution in [3.8, 4) is 5.75 Å². The van der Waals surface area contributed by atoms with Crippen LogP contribution in [-0.2, 0) is 26.2 Å². The number of benzene rings is 3. The van der Waals surface area contributed by atoms with E-state index in [1.807, 2.05) is 38.1 Å². The number of aryl methyl sites for hydroxylation is 1. The zero-order valence-electron chi connectivity index (χ0n) is 22.6. The minimum Gasteiger partial charge on any atom is -0.492 e. The quantitative estimate of drug-likeness (QED) is 0.337. The number of rotatable bonds is 12. The van der Waals surface area contributed by atoms with E-state index in [9.17, 15) is 18.0 Å². The Balaban J connectivity index is 2.12. The van der Waals surface area contributed by atoms with Gasteiger partial charge in [-0.1, -0.05) is 54.9 Å². The number of nitrogens with one attached hydrogen (secondary N) is 1. The Kier molecular flexibility index (Phi) is 10.4. The fourth-order valence-corrected chi connectivity index (χ4v) is 5.80. The van der Waals surface area contributed by atoms with E-state index >= 15 is 0 Å². The van der Waals surface area contributed by atoms with E-state index in [0.29, 0.717) is 23.8 Å². The summed E-state index contributed by atoms with van der Waals surface area (Å²) in [5.74, 6) is -0.548. The second-order valence-corrected chi connectivity index (χ2v) is 11.2. The molecule has 0 aliphatic rings. The maximum atomic E-state index is 14.0. The summed E-state index contributed by atoms with van der Waals surface area (Å²) in [6, 6.07) is 19.2. The highest BCUT2D eigenvalue weighted by atomic mass is 35.5. The molecule has 0 spiro atoms. The van der Waals surface area contributed by atoms with Crippen molar-refractivity contribution >= 4 is 39.1 Å². The SMILES string of the molecule is CCOc1ccccc1N(CC(=O)N(Cc1ccccc1C)[C@@H](CC)C(=O)NC)S(=O)(=O)c1ccc(Cl)cc1. The molecular formula is C29H34ClN3O5S. The lowest BCUT2D eigenvalue weighted by molar-refractivity contribution is -0.140. The van der Waals surface area contributed by atoms with Crippen LogP contribution in [0.2, 0.25) is 5.02 Å². The van der Waals surface area contributed by atoms with Gasteiger partial charge in [-0.15, -0.1) is 0 Å². The molecule has 39 heavy (non-hydrogen) atoms. The van der Waals surface area contributed by atoms with Gasteiger partial charge in [-0.05, 0) is 67.8 Å². The van der Waals surface area contributed by atoms with Gasteiger partial charge in [0.25, 0.3) is 10.0 Å². The van der Waals surface area contributed by atoms with Gasteiger partial charge >= 0.3 is 0 Å². The van der Waals surface area contributed by atoms with Crippen molar-refractivity contribution in [1.82, 2.24) is 10.2 Å². The number of hydrogen-bond donors (Lipinski definition) is 1. The van der Waals surface area contributed by atoms with Crippen LogP contribution in [-0.4, -0.2) is 51.4 Å². The van der Waals surface area contributed by atoms with Crippen molar-refractivity contribution in [1.29, 1.82) is 0 Å². The van der Waals surface area contributed by atoms with Gasteiger partial charge in [-0.25, -0.2) is 8.42 Å². The molecule has 3 aromatic rings. The third-order valence-electron chi connectivity index (χ3n) is 6.35. The van der Waals surface area contributed by atoms with Crippen LogP contribution in [0.1, 0.15) is 31.4 Å². The second-order valence-electron chi connectivity index (χ2n) is 8.85. The molecule has 0 bridgehead atoms. The first-order valence-electron chi connectivity index (χ1n) is 12.7. The molecule has 10 heteroatoms. The average molecular weight is 572 g/mol. The Morgan fingerprint density at radius 3 is 2.23 bits per heavy atom. The third kappa shape index (κ3) is 7.10. The Labute approximate surface area is 235 Å². The van der Waals surface area contributed by atoms with Gasteiger partial charge in [0.2, 0.25) is 11.8 Å². The van der Waals surface area contributed by atoms with Crippen molar-refractivity contribution < 1.29 is 22.7 Å². The average Bonchev–Trinajstić information content (AvgIpc) is 2.93. The van der Waals surface area contributed by atoms with Crippen LogP contribution in [0, 0.1) is 6.92 Å². The van der Waals surface area contributed by atoms with Crippen LogP contribution in [0.15, 0.2) is 77.7 Å². The Morgan fingerprint density at radius 1 is 0.974 bits per heavy atom. The zero-order chi connectivity index (χ0) is 28.6. The highest BCUT2D eigenvalue weighted by Gasteiger charge is 2.34. The van der Waals surface area contributed by atoms with E-state index in [-0.39, 0.29) is 23.0 Å². The molecule has 1 N–H and O–H groups in total. The van der Waals surface area contributed by atoms with Gasteiger partial charge in [-0.2, -0.15) is 0 Å².